The molecule has 0 amide bonds. The van der Waals surface area contributed by atoms with Gasteiger partial charge in [-0.1, -0.05) is 30.3 Å². The molecule has 0 aliphatic carbocycles. The van der Waals surface area contributed by atoms with Crippen LogP contribution in [0.4, 0.5) is 0 Å². The predicted molar refractivity (Wildman–Crippen MR) is 77.2 cm³/mol. The van der Waals surface area contributed by atoms with Gasteiger partial charge in [-0.3, -0.25) is 9.69 Å². The number of aliphatic hydroxyl groups is 1. The van der Waals surface area contributed by atoms with Crippen LogP contribution in [0, 0.1) is 5.92 Å². The zero-order valence-electron chi connectivity index (χ0n) is 12.0. The third kappa shape index (κ3) is 4.05. The fraction of sp³-hybridized carbons (Fsp3) is 0.562. The fourth-order valence-corrected chi connectivity index (χ4v) is 2.70. The summed E-state index contributed by atoms with van der Waals surface area (Å²) in [5, 5.41) is 10.2. The summed E-state index contributed by atoms with van der Waals surface area (Å²) in [6.07, 6.45) is 1.36. The van der Waals surface area contributed by atoms with Gasteiger partial charge in [-0.15, -0.1) is 0 Å². The molecule has 0 bridgehead atoms. The average Bonchev–Trinajstić information content (AvgIpc) is 2.48. The Morgan fingerprint density at radius 3 is 2.90 bits per heavy atom. The Morgan fingerprint density at radius 1 is 1.45 bits per heavy atom. The molecule has 0 radical (unpaired) electrons. The standard InChI is InChI=1S/C16H23NO3/c1-2-20-16(19)14-9-6-10-17(11-14)12-15(18)13-7-4-3-5-8-13/h3-5,7-8,14-15,18H,2,6,9-12H2,1H3. The lowest BCUT2D eigenvalue weighted by molar-refractivity contribution is -0.150. The number of nitrogens with zero attached hydrogens (tertiary/aromatic N) is 1. The second-order valence-electron chi connectivity index (χ2n) is 5.28. The Kier molecular flexibility index (Phi) is 5.56. The third-order valence-corrected chi connectivity index (χ3v) is 3.74. The zero-order chi connectivity index (χ0) is 14.4. The van der Waals surface area contributed by atoms with Gasteiger partial charge in [0.25, 0.3) is 0 Å². The van der Waals surface area contributed by atoms with Crippen LogP contribution in [0.1, 0.15) is 31.4 Å². The van der Waals surface area contributed by atoms with Crippen molar-refractivity contribution in [3.05, 3.63) is 35.9 Å². The maximum Gasteiger partial charge on any atom is 0.310 e. The molecule has 2 unspecified atom stereocenters. The molecule has 1 heterocycles. The van der Waals surface area contributed by atoms with Gasteiger partial charge in [-0.25, -0.2) is 0 Å². The first-order valence-corrected chi connectivity index (χ1v) is 7.32. The quantitative estimate of drug-likeness (QED) is 0.836. The van der Waals surface area contributed by atoms with Crippen LogP contribution in [0.3, 0.4) is 0 Å². The average molecular weight is 277 g/mol. The van der Waals surface area contributed by atoms with Crippen LogP contribution >= 0.6 is 0 Å². The lowest BCUT2D eigenvalue weighted by Crippen LogP contribution is -2.41. The van der Waals surface area contributed by atoms with Crippen LogP contribution in [0.5, 0.6) is 0 Å². The first kappa shape index (κ1) is 15.0. The molecule has 1 aliphatic heterocycles. The Morgan fingerprint density at radius 2 is 2.20 bits per heavy atom. The topological polar surface area (TPSA) is 49.8 Å². The molecule has 4 heteroatoms. The molecule has 1 aromatic carbocycles. The predicted octanol–water partition coefficient (Wildman–Crippen LogP) is 2.00. The molecule has 1 fully saturated rings. The third-order valence-electron chi connectivity index (χ3n) is 3.74. The molecule has 1 aromatic rings. The second kappa shape index (κ2) is 7.41. The van der Waals surface area contributed by atoms with Gasteiger partial charge in [0.1, 0.15) is 0 Å². The van der Waals surface area contributed by atoms with E-state index in [0.717, 1.165) is 24.9 Å². The molecule has 1 aliphatic rings. The number of likely N-dealkylation sites (tertiary alicyclic amines) is 1. The van der Waals surface area contributed by atoms with Crippen LogP contribution in [0.15, 0.2) is 30.3 Å². The number of hydrogen-bond donors (Lipinski definition) is 1. The van der Waals surface area contributed by atoms with Crippen LogP contribution < -0.4 is 0 Å². The molecule has 1 saturated heterocycles. The minimum atomic E-state index is -0.503. The molecule has 2 rings (SSSR count). The highest BCUT2D eigenvalue weighted by Crippen LogP contribution is 2.21. The number of aliphatic hydroxyl groups excluding tert-OH is 1. The molecule has 0 spiro atoms. The van der Waals surface area contributed by atoms with Crippen molar-refractivity contribution in [1.82, 2.24) is 4.90 Å². The molecule has 20 heavy (non-hydrogen) atoms. The molecular formula is C16H23NO3. The maximum atomic E-state index is 11.8. The fourth-order valence-electron chi connectivity index (χ4n) is 2.70. The lowest BCUT2D eigenvalue weighted by Gasteiger charge is -2.32. The van der Waals surface area contributed by atoms with E-state index < -0.39 is 6.10 Å². The largest absolute Gasteiger partial charge is 0.466 e. The highest BCUT2D eigenvalue weighted by Gasteiger charge is 2.27. The highest BCUT2D eigenvalue weighted by atomic mass is 16.5. The van der Waals surface area contributed by atoms with Gasteiger partial charge in [-0.2, -0.15) is 0 Å². The van der Waals surface area contributed by atoms with Gasteiger partial charge in [0.05, 0.1) is 18.6 Å². The number of β-amino-alcohol motifs (C(OH)–C–C–N with tert-alkyl or cyclic N) is 1. The van der Waals surface area contributed by atoms with Crippen molar-refractivity contribution in [2.75, 3.05) is 26.2 Å². The summed E-state index contributed by atoms with van der Waals surface area (Å²) in [4.78, 5) is 13.9. The monoisotopic (exact) mass is 277 g/mol. The van der Waals surface area contributed by atoms with E-state index in [4.69, 9.17) is 4.74 Å². The van der Waals surface area contributed by atoms with Crippen molar-refractivity contribution >= 4 is 5.97 Å². The van der Waals surface area contributed by atoms with E-state index in [-0.39, 0.29) is 11.9 Å². The number of rotatable bonds is 5. The SMILES string of the molecule is CCOC(=O)C1CCCN(CC(O)c2ccccc2)C1. The lowest BCUT2D eigenvalue weighted by atomic mass is 9.97. The van der Waals surface area contributed by atoms with Crippen LogP contribution in [0.2, 0.25) is 0 Å². The van der Waals surface area contributed by atoms with Crippen LogP contribution in [-0.2, 0) is 9.53 Å². The number of benzene rings is 1. The van der Waals surface area contributed by atoms with Gasteiger partial charge >= 0.3 is 5.97 Å². The molecule has 1 N–H and O–H groups in total. The maximum absolute atomic E-state index is 11.8. The van der Waals surface area contributed by atoms with Crippen LogP contribution in [0.25, 0.3) is 0 Å². The number of ether oxygens (including phenoxy) is 1. The number of carbonyl (C=O) groups is 1. The van der Waals surface area contributed by atoms with Gasteiger partial charge < -0.3 is 9.84 Å². The zero-order valence-corrected chi connectivity index (χ0v) is 12.0. The normalized spacial score (nSPS) is 21.4. The van der Waals surface area contributed by atoms with E-state index in [1.165, 1.54) is 0 Å². The Balaban J connectivity index is 1.88. The highest BCUT2D eigenvalue weighted by molar-refractivity contribution is 5.72. The minimum Gasteiger partial charge on any atom is -0.466 e. The molecule has 2 atom stereocenters. The first-order chi connectivity index (χ1) is 9.70. The van der Waals surface area contributed by atoms with E-state index in [1.807, 2.05) is 37.3 Å². The van der Waals surface area contributed by atoms with E-state index in [2.05, 4.69) is 4.90 Å². The smallest absolute Gasteiger partial charge is 0.310 e. The Bertz CT molecular complexity index is 421. The summed E-state index contributed by atoms with van der Waals surface area (Å²) in [6.45, 7) is 4.45. The van der Waals surface area contributed by atoms with E-state index in [1.54, 1.807) is 0 Å². The van der Waals surface area contributed by atoms with Gasteiger partial charge in [0.15, 0.2) is 0 Å². The Labute approximate surface area is 120 Å². The van der Waals surface area contributed by atoms with Crippen molar-refractivity contribution < 1.29 is 14.6 Å². The number of esters is 1. The van der Waals surface area contributed by atoms with Crippen LogP contribution in [-0.4, -0.2) is 42.2 Å². The first-order valence-electron chi connectivity index (χ1n) is 7.32. The van der Waals surface area contributed by atoms with Crippen molar-refractivity contribution in [2.24, 2.45) is 5.92 Å². The molecule has 110 valence electrons. The summed E-state index contributed by atoms with van der Waals surface area (Å²) in [5.74, 6) is -0.155. The van der Waals surface area contributed by atoms with Crippen molar-refractivity contribution in [3.8, 4) is 0 Å². The number of carbonyl (C=O) groups excluding carboxylic acids is 1. The van der Waals surface area contributed by atoms with Gasteiger partial charge in [0, 0.05) is 13.1 Å². The summed E-state index contributed by atoms with van der Waals surface area (Å²) < 4.78 is 5.09. The Hall–Kier alpha value is -1.39. The summed E-state index contributed by atoms with van der Waals surface area (Å²) in [7, 11) is 0. The van der Waals surface area contributed by atoms with Crippen molar-refractivity contribution in [1.29, 1.82) is 0 Å². The van der Waals surface area contributed by atoms with Crippen molar-refractivity contribution in [3.63, 3.8) is 0 Å². The number of piperidine rings is 1. The van der Waals surface area contributed by atoms with E-state index >= 15 is 0 Å². The molecule has 4 nitrogen and oxygen atoms in total. The summed E-state index contributed by atoms with van der Waals surface area (Å²) in [6, 6.07) is 9.65. The summed E-state index contributed by atoms with van der Waals surface area (Å²) >= 11 is 0. The van der Waals surface area contributed by atoms with Gasteiger partial charge in [-0.05, 0) is 31.9 Å². The van der Waals surface area contributed by atoms with Crippen molar-refractivity contribution in [2.45, 2.75) is 25.9 Å². The molecule has 0 saturated carbocycles. The van der Waals surface area contributed by atoms with E-state index in [0.29, 0.717) is 19.7 Å². The van der Waals surface area contributed by atoms with Gasteiger partial charge in [0.2, 0.25) is 0 Å². The second-order valence-corrected chi connectivity index (χ2v) is 5.28. The molecule has 0 aromatic heterocycles. The number of hydrogen-bond acceptors (Lipinski definition) is 4. The molecular weight excluding hydrogens is 254 g/mol. The minimum absolute atomic E-state index is 0.0494. The summed E-state index contributed by atoms with van der Waals surface area (Å²) in [5.41, 5.74) is 0.922. The van der Waals surface area contributed by atoms with E-state index in [9.17, 15) is 9.90 Å².